The highest BCUT2D eigenvalue weighted by Gasteiger charge is 2.34. The number of aliphatic hydroxyl groups excluding tert-OH is 1. The molecule has 5 atom stereocenters. The zero-order chi connectivity index (χ0) is 35.1. The molecule has 0 aliphatic carbocycles. The standard InChI is InChI=1S/C27H38N8O11S/c28-27(29)30-8-4-7-14-22(41)31-11-18(36)32-15(9-19(37)38)23(42)34-16(10-20(39)40)24(43)35-17(26(45)46)12-47-21(25(44)33-14)13-5-2-1-3-6-13/h1-3,5-6,14-17,21,26,45-46H,4,7-12H2,(H,31,41)(H,32,36)(H,33,44)(H,34,42)(H,35,43)(H,37,38)(H,39,40)(H4,28,29,30). The number of carboxylic acid groups (broad SMARTS) is 2. The first kappa shape index (κ1) is 38.2. The van der Waals surface area contributed by atoms with Crippen LogP contribution in [0.1, 0.15) is 36.5 Å². The summed E-state index contributed by atoms with van der Waals surface area (Å²) in [6.45, 7) is -0.654. The highest BCUT2D eigenvalue weighted by atomic mass is 32.2. The molecule has 0 aromatic heterocycles. The summed E-state index contributed by atoms with van der Waals surface area (Å²) in [5, 5.41) is 48.9. The highest BCUT2D eigenvalue weighted by Crippen LogP contribution is 2.30. The molecule has 1 saturated heterocycles. The largest absolute Gasteiger partial charge is 0.481 e. The van der Waals surface area contributed by atoms with Crippen molar-refractivity contribution in [3.05, 3.63) is 35.9 Å². The van der Waals surface area contributed by atoms with Crippen molar-refractivity contribution < 1.29 is 54.0 Å². The topological polar surface area (TPSA) is 325 Å². The number of thioether (sulfide) groups is 1. The molecule has 1 aliphatic heterocycles. The minimum Gasteiger partial charge on any atom is -0.481 e. The van der Waals surface area contributed by atoms with Gasteiger partial charge in [-0.25, -0.2) is 0 Å². The number of aliphatic carboxylic acids is 2. The van der Waals surface area contributed by atoms with E-state index < -0.39 is 96.6 Å². The summed E-state index contributed by atoms with van der Waals surface area (Å²) in [4.78, 5) is 92.3. The second-order valence-electron chi connectivity index (χ2n) is 10.3. The highest BCUT2D eigenvalue weighted by molar-refractivity contribution is 8.00. The van der Waals surface area contributed by atoms with Crippen molar-refractivity contribution in [3.8, 4) is 0 Å². The summed E-state index contributed by atoms with van der Waals surface area (Å²) in [7, 11) is 0. The van der Waals surface area contributed by atoms with Crippen molar-refractivity contribution in [2.24, 2.45) is 16.5 Å². The smallest absolute Gasteiger partial charge is 0.305 e. The van der Waals surface area contributed by atoms with E-state index in [1.807, 2.05) is 0 Å². The fourth-order valence-corrected chi connectivity index (χ4v) is 5.46. The number of guanidine groups is 1. The maximum absolute atomic E-state index is 13.6. The van der Waals surface area contributed by atoms with Gasteiger partial charge in [0.1, 0.15) is 23.4 Å². The molecule has 258 valence electrons. The molecule has 19 nitrogen and oxygen atoms in total. The molecule has 0 saturated carbocycles. The van der Waals surface area contributed by atoms with Gasteiger partial charge >= 0.3 is 11.9 Å². The Morgan fingerprint density at radius 2 is 1.40 bits per heavy atom. The number of amides is 5. The molecule has 47 heavy (non-hydrogen) atoms. The number of nitrogens with two attached hydrogens (primary N) is 2. The molecule has 1 aromatic carbocycles. The minimum atomic E-state index is -2.22. The summed E-state index contributed by atoms with van der Waals surface area (Å²) < 4.78 is 0. The van der Waals surface area contributed by atoms with Crippen molar-refractivity contribution in [1.82, 2.24) is 26.6 Å². The predicted octanol–water partition coefficient (Wildman–Crippen LogP) is -4.16. The van der Waals surface area contributed by atoms with Gasteiger partial charge in [-0.3, -0.25) is 38.6 Å². The van der Waals surface area contributed by atoms with Gasteiger partial charge in [-0.15, -0.1) is 11.8 Å². The van der Waals surface area contributed by atoms with Crippen molar-refractivity contribution in [2.75, 3.05) is 18.8 Å². The third kappa shape index (κ3) is 13.5. The molecule has 5 amide bonds. The van der Waals surface area contributed by atoms with E-state index in [0.29, 0.717) is 5.56 Å². The molecular formula is C27H38N8O11S. The maximum atomic E-state index is 13.6. The van der Waals surface area contributed by atoms with Crippen LogP contribution in [0.5, 0.6) is 0 Å². The molecule has 5 unspecified atom stereocenters. The van der Waals surface area contributed by atoms with Crippen molar-refractivity contribution in [3.63, 3.8) is 0 Å². The first-order valence-electron chi connectivity index (χ1n) is 14.2. The van der Waals surface area contributed by atoms with Gasteiger partial charge in [0.15, 0.2) is 12.2 Å². The first-order chi connectivity index (χ1) is 22.2. The number of benzene rings is 1. The van der Waals surface area contributed by atoms with Crippen LogP contribution in [0.15, 0.2) is 35.3 Å². The van der Waals surface area contributed by atoms with Crippen LogP contribution >= 0.6 is 11.8 Å². The minimum absolute atomic E-state index is 0.00515. The fraction of sp³-hybridized carbons (Fsp3) is 0.481. The van der Waals surface area contributed by atoms with Gasteiger partial charge in [-0.1, -0.05) is 30.3 Å². The monoisotopic (exact) mass is 682 g/mol. The van der Waals surface area contributed by atoms with Gasteiger partial charge in [0.2, 0.25) is 29.5 Å². The lowest BCUT2D eigenvalue weighted by Gasteiger charge is -2.27. The van der Waals surface area contributed by atoms with E-state index in [-0.39, 0.29) is 31.1 Å². The van der Waals surface area contributed by atoms with E-state index in [2.05, 4.69) is 31.6 Å². The molecule has 1 heterocycles. The van der Waals surface area contributed by atoms with E-state index >= 15 is 0 Å². The normalized spacial score (nSPS) is 23.6. The van der Waals surface area contributed by atoms with Crippen LogP contribution in [0.2, 0.25) is 0 Å². The number of rotatable bonds is 10. The molecule has 20 heteroatoms. The number of hydrogen-bond acceptors (Lipinski definition) is 11. The Balaban J connectivity index is 2.51. The predicted molar refractivity (Wildman–Crippen MR) is 165 cm³/mol. The Kier molecular flexibility index (Phi) is 15.4. The van der Waals surface area contributed by atoms with Crippen LogP contribution in [0.4, 0.5) is 0 Å². The lowest BCUT2D eigenvalue weighted by Crippen LogP contribution is -2.58. The second kappa shape index (κ2) is 18.9. The second-order valence-corrected chi connectivity index (χ2v) is 11.4. The zero-order valence-corrected chi connectivity index (χ0v) is 25.8. The van der Waals surface area contributed by atoms with Crippen LogP contribution < -0.4 is 38.1 Å². The number of hydrogen-bond donors (Lipinski definition) is 11. The van der Waals surface area contributed by atoms with Gasteiger partial charge in [0, 0.05) is 12.3 Å². The number of carbonyl (C=O) groups excluding carboxylic acids is 5. The van der Waals surface area contributed by atoms with Crippen LogP contribution in [0.25, 0.3) is 0 Å². The van der Waals surface area contributed by atoms with Gasteiger partial charge in [-0.2, -0.15) is 0 Å². The molecule has 1 fully saturated rings. The van der Waals surface area contributed by atoms with Gasteiger partial charge in [0.25, 0.3) is 0 Å². The molecule has 1 aromatic rings. The summed E-state index contributed by atoms with van der Waals surface area (Å²) in [6.07, 6.45) is -3.97. The Bertz CT molecular complexity index is 1330. The summed E-state index contributed by atoms with van der Waals surface area (Å²) >= 11 is 0.857. The Labute approximate surface area is 272 Å². The van der Waals surface area contributed by atoms with E-state index in [1.165, 1.54) is 0 Å². The average Bonchev–Trinajstić information content (AvgIpc) is 2.99. The molecule has 2 rings (SSSR count). The third-order valence-electron chi connectivity index (χ3n) is 6.51. The number of nitrogens with zero attached hydrogens (tertiary/aromatic N) is 1. The van der Waals surface area contributed by atoms with Crippen molar-refractivity contribution in [2.45, 2.75) is 61.4 Å². The molecule has 1 aliphatic rings. The number of carbonyl (C=O) groups is 7. The van der Waals surface area contributed by atoms with Gasteiger partial charge in [0.05, 0.1) is 25.4 Å². The maximum Gasteiger partial charge on any atom is 0.305 e. The van der Waals surface area contributed by atoms with Gasteiger partial charge in [-0.05, 0) is 18.4 Å². The first-order valence-corrected chi connectivity index (χ1v) is 15.2. The SMILES string of the molecule is NC(N)=NCCCC1NC(=O)C(c2ccccc2)SCC(C(O)O)NC(=O)C(CC(=O)O)NC(=O)C(CC(=O)O)NC(=O)CNC1=O. The summed E-state index contributed by atoms with van der Waals surface area (Å²) in [5.74, 6) is -8.53. The van der Waals surface area contributed by atoms with Gasteiger partial charge < -0.3 is 58.5 Å². The number of aliphatic hydroxyl groups is 2. The zero-order valence-electron chi connectivity index (χ0n) is 25.0. The van der Waals surface area contributed by atoms with E-state index in [4.69, 9.17) is 11.5 Å². The van der Waals surface area contributed by atoms with Crippen LogP contribution in [0, 0.1) is 0 Å². The van der Waals surface area contributed by atoms with Crippen molar-refractivity contribution >= 4 is 59.2 Å². The Morgan fingerprint density at radius 3 is 1.98 bits per heavy atom. The summed E-state index contributed by atoms with van der Waals surface area (Å²) in [5.41, 5.74) is 11.1. The number of carboxylic acids is 2. The van der Waals surface area contributed by atoms with E-state index in [9.17, 15) is 54.0 Å². The lowest BCUT2D eigenvalue weighted by molar-refractivity contribution is -0.143. The number of nitrogens with one attached hydrogen (secondary N) is 5. The van der Waals surface area contributed by atoms with Crippen LogP contribution in [-0.2, 0) is 33.6 Å². The molecular weight excluding hydrogens is 644 g/mol. The molecule has 0 radical (unpaired) electrons. The Hall–Kier alpha value is -4.95. The van der Waals surface area contributed by atoms with E-state index in [1.54, 1.807) is 30.3 Å². The quantitative estimate of drug-likeness (QED) is 0.0483. The Morgan fingerprint density at radius 1 is 0.830 bits per heavy atom. The molecule has 13 N–H and O–H groups in total. The molecule has 0 spiro atoms. The average molecular weight is 683 g/mol. The van der Waals surface area contributed by atoms with E-state index in [0.717, 1.165) is 11.8 Å². The molecule has 0 bridgehead atoms. The van der Waals surface area contributed by atoms with Crippen LogP contribution in [0.3, 0.4) is 0 Å². The summed E-state index contributed by atoms with van der Waals surface area (Å²) in [6, 6.07) is 1.80. The lowest BCUT2D eigenvalue weighted by atomic mass is 10.1. The van der Waals surface area contributed by atoms with Crippen LogP contribution in [-0.4, -0.2) is 117 Å². The van der Waals surface area contributed by atoms with Crippen molar-refractivity contribution in [1.29, 1.82) is 0 Å². The number of aliphatic imine (C=N–C) groups is 1. The fourth-order valence-electron chi connectivity index (χ4n) is 4.23. The third-order valence-corrected chi connectivity index (χ3v) is 7.89.